The molecule has 0 spiro atoms. The van der Waals surface area contributed by atoms with Crippen molar-refractivity contribution >= 4 is 11.3 Å². The van der Waals surface area contributed by atoms with Crippen LogP contribution in [0.5, 0.6) is 0 Å². The van der Waals surface area contributed by atoms with Crippen LogP contribution < -0.4 is 5.32 Å². The minimum absolute atomic E-state index is 0.279. The van der Waals surface area contributed by atoms with Gasteiger partial charge in [-0.15, -0.1) is 11.3 Å². The molecule has 1 aliphatic carbocycles. The third kappa shape index (κ3) is 3.41. The van der Waals surface area contributed by atoms with Crippen molar-refractivity contribution in [1.29, 1.82) is 0 Å². The van der Waals surface area contributed by atoms with Crippen LogP contribution in [0.15, 0.2) is 12.1 Å². The van der Waals surface area contributed by atoms with Gasteiger partial charge >= 0.3 is 0 Å². The summed E-state index contributed by atoms with van der Waals surface area (Å²) in [6, 6.07) is 5.27. The summed E-state index contributed by atoms with van der Waals surface area (Å²) < 4.78 is 0. The molecule has 108 valence electrons. The molecule has 1 nitrogen and oxygen atoms in total. The van der Waals surface area contributed by atoms with Crippen LogP contribution in [0.2, 0.25) is 0 Å². The number of nitrogens with one attached hydrogen (secondary N) is 1. The van der Waals surface area contributed by atoms with Gasteiger partial charge in [-0.2, -0.15) is 0 Å². The highest BCUT2D eigenvalue weighted by atomic mass is 32.1. The van der Waals surface area contributed by atoms with E-state index in [1.807, 2.05) is 11.3 Å². The average molecular weight is 279 g/mol. The third-order valence-corrected chi connectivity index (χ3v) is 6.05. The van der Waals surface area contributed by atoms with E-state index in [2.05, 4.69) is 52.1 Å². The standard InChI is InChI=1S/C17H29NS/c1-6-18-16(13-9-7-8-12(13)2)14-10-11-15(19-14)17(3,4)5/h10-13,16,18H,6-9H2,1-5H3. The number of rotatable bonds is 4. The van der Waals surface area contributed by atoms with Crippen molar-refractivity contribution in [2.45, 2.75) is 65.3 Å². The van der Waals surface area contributed by atoms with E-state index in [1.54, 1.807) is 4.88 Å². The van der Waals surface area contributed by atoms with Gasteiger partial charge in [-0.3, -0.25) is 0 Å². The number of hydrogen-bond acceptors (Lipinski definition) is 2. The molecule has 1 aromatic rings. The number of hydrogen-bond donors (Lipinski definition) is 1. The maximum atomic E-state index is 3.75. The molecule has 1 aliphatic rings. The van der Waals surface area contributed by atoms with E-state index in [-0.39, 0.29) is 5.41 Å². The summed E-state index contributed by atoms with van der Waals surface area (Å²) in [7, 11) is 0. The van der Waals surface area contributed by atoms with E-state index in [0.29, 0.717) is 6.04 Å². The summed E-state index contributed by atoms with van der Waals surface area (Å²) in [4.78, 5) is 3.06. The molecule has 1 saturated carbocycles. The largest absolute Gasteiger partial charge is 0.309 e. The highest BCUT2D eigenvalue weighted by Crippen LogP contribution is 2.43. The minimum atomic E-state index is 0.279. The second-order valence-electron chi connectivity index (χ2n) is 7.06. The molecule has 1 heterocycles. The Kier molecular flexibility index (Phi) is 4.73. The molecule has 1 N–H and O–H groups in total. The first-order valence-electron chi connectivity index (χ1n) is 7.77. The third-order valence-electron chi connectivity index (χ3n) is 4.45. The molecule has 0 aliphatic heterocycles. The van der Waals surface area contributed by atoms with E-state index in [4.69, 9.17) is 0 Å². The lowest BCUT2D eigenvalue weighted by Gasteiger charge is -2.27. The van der Waals surface area contributed by atoms with Crippen molar-refractivity contribution in [2.75, 3.05) is 6.54 Å². The zero-order valence-corrected chi connectivity index (χ0v) is 13.9. The molecule has 0 bridgehead atoms. The number of thiophene rings is 1. The van der Waals surface area contributed by atoms with Crippen LogP contribution in [-0.2, 0) is 5.41 Å². The molecule has 2 rings (SSSR count). The Bertz CT molecular complexity index is 402. The second kappa shape index (κ2) is 5.97. The smallest absolute Gasteiger partial charge is 0.0446 e. The predicted octanol–water partition coefficient (Wildman–Crippen LogP) is 5.13. The van der Waals surface area contributed by atoms with Crippen molar-refractivity contribution in [3.8, 4) is 0 Å². The van der Waals surface area contributed by atoms with Crippen molar-refractivity contribution in [3.05, 3.63) is 21.9 Å². The average Bonchev–Trinajstić information content (AvgIpc) is 2.94. The van der Waals surface area contributed by atoms with Gasteiger partial charge in [-0.25, -0.2) is 0 Å². The van der Waals surface area contributed by atoms with Crippen molar-refractivity contribution < 1.29 is 0 Å². The summed E-state index contributed by atoms with van der Waals surface area (Å²) >= 11 is 2.01. The van der Waals surface area contributed by atoms with Gasteiger partial charge in [0.25, 0.3) is 0 Å². The topological polar surface area (TPSA) is 12.0 Å². The Morgan fingerprint density at radius 3 is 2.53 bits per heavy atom. The van der Waals surface area contributed by atoms with Gasteiger partial charge in [0.1, 0.15) is 0 Å². The van der Waals surface area contributed by atoms with Gasteiger partial charge in [0.2, 0.25) is 0 Å². The maximum Gasteiger partial charge on any atom is 0.0446 e. The fourth-order valence-corrected chi connectivity index (χ4v) is 4.49. The van der Waals surface area contributed by atoms with E-state index >= 15 is 0 Å². The Balaban J connectivity index is 2.21. The second-order valence-corrected chi connectivity index (χ2v) is 8.17. The van der Waals surface area contributed by atoms with E-state index in [9.17, 15) is 0 Å². The molecule has 0 radical (unpaired) electrons. The molecular weight excluding hydrogens is 250 g/mol. The summed E-state index contributed by atoms with van der Waals surface area (Å²) in [5.41, 5.74) is 0.279. The first kappa shape index (κ1) is 15.1. The zero-order chi connectivity index (χ0) is 14.0. The molecule has 0 saturated heterocycles. The summed E-state index contributed by atoms with van der Waals surface area (Å²) in [6.45, 7) is 12.6. The van der Waals surface area contributed by atoms with Crippen LogP contribution in [0.3, 0.4) is 0 Å². The molecule has 19 heavy (non-hydrogen) atoms. The molecule has 3 unspecified atom stereocenters. The van der Waals surface area contributed by atoms with Crippen LogP contribution in [0.4, 0.5) is 0 Å². The molecular formula is C17H29NS. The SMILES string of the molecule is CCNC(c1ccc(C(C)(C)C)s1)C1CCCC1C. The Hall–Kier alpha value is -0.340. The lowest BCUT2D eigenvalue weighted by atomic mass is 9.89. The van der Waals surface area contributed by atoms with Gasteiger partial charge in [-0.1, -0.05) is 47.5 Å². The Morgan fingerprint density at radius 2 is 2.05 bits per heavy atom. The highest BCUT2D eigenvalue weighted by molar-refractivity contribution is 7.12. The summed E-state index contributed by atoms with van der Waals surface area (Å²) in [5.74, 6) is 1.69. The van der Waals surface area contributed by atoms with Crippen molar-refractivity contribution in [3.63, 3.8) is 0 Å². The summed E-state index contributed by atoms with van der Waals surface area (Å²) in [5, 5.41) is 3.75. The fourth-order valence-electron chi connectivity index (χ4n) is 3.28. The van der Waals surface area contributed by atoms with Gasteiger partial charge < -0.3 is 5.32 Å². The molecule has 3 atom stereocenters. The summed E-state index contributed by atoms with van der Waals surface area (Å²) in [6.07, 6.45) is 4.21. The van der Waals surface area contributed by atoms with Gasteiger partial charge in [0, 0.05) is 15.8 Å². The van der Waals surface area contributed by atoms with E-state index in [1.165, 1.54) is 24.1 Å². The van der Waals surface area contributed by atoms with E-state index in [0.717, 1.165) is 18.4 Å². The minimum Gasteiger partial charge on any atom is -0.309 e. The van der Waals surface area contributed by atoms with Crippen LogP contribution >= 0.6 is 11.3 Å². The van der Waals surface area contributed by atoms with Gasteiger partial charge in [0.15, 0.2) is 0 Å². The normalized spacial score (nSPS) is 25.7. The molecule has 1 fully saturated rings. The van der Waals surface area contributed by atoms with E-state index < -0.39 is 0 Å². The lowest BCUT2D eigenvalue weighted by molar-refractivity contribution is 0.309. The van der Waals surface area contributed by atoms with Gasteiger partial charge in [-0.05, 0) is 42.3 Å². The van der Waals surface area contributed by atoms with Gasteiger partial charge in [0.05, 0.1) is 0 Å². The highest BCUT2D eigenvalue weighted by Gasteiger charge is 2.32. The first-order valence-corrected chi connectivity index (χ1v) is 8.58. The maximum absolute atomic E-state index is 3.75. The lowest BCUT2D eigenvalue weighted by Crippen LogP contribution is -2.28. The molecule has 1 aromatic heterocycles. The molecule has 2 heteroatoms. The zero-order valence-electron chi connectivity index (χ0n) is 13.1. The van der Waals surface area contributed by atoms with Crippen LogP contribution in [0.25, 0.3) is 0 Å². The van der Waals surface area contributed by atoms with Crippen molar-refractivity contribution in [1.82, 2.24) is 5.32 Å². The fraction of sp³-hybridized carbons (Fsp3) is 0.765. The van der Waals surface area contributed by atoms with Crippen LogP contribution in [0.1, 0.15) is 69.7 Å². The predicted molar refractivity (Wildman–Crippen MR) is 85.9 cm³/mol. The quantitative estimate of drug-likeness (QED) is 0.805. The van der Waals surface area contributed by atoms with Crippen molar-refractivity contribution in [2.24, 2.45) is 11.8 Å². The Labute approximate surface area is 122 Å². The first-order chi connectivity index (χ1) is 8.93. The Morgan fingerprint density at radius 1 is 1.32 bits per heavy atom. The van der Waals surface area contributed by atoms with Crippen LogP contribution in [-0.4, -0.2) is 6.54 Å². The molecule has 0 amide bonds. The molecule has 0 aromatic carbocycles. The van der Waals surface area contributed by atoms with Crippen LogP contribution in [0, 0.1) is 11.8 Å². The monoisotopic (exact) mass is 279 g/mol.